The first-order valence-corrected chi connectivity index (χ1v) is 23.0. The molecule has 1 aromatic rings. The molecule has 0 bridgehead atoms. The summed E-state index contributed by atoms with van der Waals surface area (Å²) in [6.07, 6.45) is -1.26. The molecule has 0 saturated carbocycles. The third-order valence-corrected chi connectivity index (χ3v) is 11.4. The lowest BCUT2D eigenvalue weighted by Gasteiger charge is -2.36. The summed E-state index contributed by atoms with van der Waals surface area (Å²) in [5.74, 6) is -11.8. The van der Waals surface area contributed by atoms with Crippen LogP contribution in [0, 0.1) is 0 Å². The first kappa shape index (κ1) is 58.3. The number of nitrogens with zero attached hydrogens (tertiary/aromatic N) is 6. The van der Waals surface area contributed by atoms with Crippen LogP contribution in [0.3, 0.4) is 0 Å². The van der Waals surface area contributed by atoms with E-state index in [2.05, 4.69) is 26.3 Å². The molecule has 71 heavy (non-hydrogen) atoms. The monoisotopic (exact) mass is 1010 g/mol. The number of aliphatic carboxylic acids is 4. The minimum absolute atomic E-state index is 0.000697. The zero-order valence-corrected chi connectivity index (χ0v) is 39.4. The van der Waals surface area contributed by atoms with Gasteiger partial charge in [-0.1, -0.05) is 12.1 Å². The molecule has 0 radical (unpaired) electrons. The first-order chi connectivity index (χ1) is 33.6. The predicted molar refractivity (Wildman–Crippen MR) is 250 cm³/mol. The topological polar surface area (TPSA) is 427 Å². The van der Waals surface area contributed by atoms with Crippen LogP contribution in [0.25, 0.3) is 0 Å². The number of phenols is 1. The Hall–Kier alpha value is -7.01. The van der Waals surface area contributed by atoms with Gasteiger partial charge in [0, 0.05) is 65.3 Å². The molecule has 0 aromatic heterocycles. The number of aliphatic imine (C=N–C) groups is 1. The zero-order chi connectivity index (χ0) is 52.6. The highest BCUT2D eigenvalue weighted by molar-refractivity contribution is 6.05. The van der Waals surface area contributed by atoms with Crippen LogP contribution < -0.4 is 38.5 Å². The second-order valence-corrected chi connectivity index (χ2v) is 17.1. The molecule has 28 nitrogen and oxygen atoms in total. The van der Waals surface area contributed by atoms with Gasteiger partial charge in [-0.2, -0.15) is 0 Å². The zero-order valence-electron chi connectivity index (χ0n) is 39.4. The maximum absolute atomic E-state index is 15.3. The van der Waals surface area contributed by atoms with Crippen molar-refractivity contribution in [2.75, 3.05) is 98.2 Å². The minimum atomic E-state index is -1.84. The Kier molecular flexibility index (Phi) is 24.5. The standard InChI is InChI=1S/C43H67N13O15/c44-10-2-1-5-32-41(70)50-29(4-3-11-47-43(45)46)39(68)48-22-33(58)49-30(21-35(60)61)40(69)51-31(20-27-6-8-28(57)9-7-27)42(71)56(32)34(59)23-52-12-14-53(24-36(62)63)16-18-55(26-38(66)67)19-17-54(15-13-52)25-37(64)65/h6-9,29-32,57H,1-5,10-26,44H2,(H,48,68)(H,49,58)(H,50,70)(H,51,69)(H,60,61)(H,62,63)(H,64,65)(H,66,67)(H4,45,46,47)/t29-,30-,31+,32-/m0/s1. The molecule has 28 heteroatoms. The average molecular weight is 1010 g/mol. The van der Waals surface area contributed by atoms with Gasteiger partial charge in [0.1, 0.15) is 29.9 Å². The number of hydrogen-bond acceptors (Lipinski definition) is 17. The number of amides is 6. The van der Waals surface area contributed by atoms with Crippen molar-refractivity contribution in [3.05, 3.63) is 29.8 Å². The Morgan fingerprint density at radius 2 is 1.11 bits per heavy atom. The predicted octanol–water partition coefficient (Wildman–Crippen LogP) is -5.62. The lowest BCUT2D eigenvalue weighted by atomic mass is 10.00. The van der Waals surface area contributed by atoms with Crippen LogP contribution in [-0.2, 0) is 54.4 Å². The summed E-state index contributed by atoms with van der Waals surface area (Å²) in [4.78, 5) is 144. The molecular weight excluding hydrogens is 939 g/mol. The number of hydrogen-bond donors (Lipinski definition) is 12. The van der Waals surface area contributed by atoms with E-state index in [1.54, 1.807) is 4.90 Å². The maximum Gasteiger partial charge on any atom is 0.317 e. The average Bonchev–Trinajstić information content (AvgIpc) is 3.28. The molecule has 2 aliphatic rings. The third kappa shape index (κ3) is 21.7. The number of phenolic OH excluding ortho intramolecular Hbond substituents is 1. The number of nitrogens with one attached hydrogen (secondary N) is 4. The van der Waals surface area contributed by atoms with Gasteiger partial charge in [0.2, 0.25) is 29.5 Å². The van der Waals surface area contributed by atoms with E-state index in [1.807, 2.05) is 0 Å². The lowest BCUT2D eigenvalue weighted by molar-refractivity contribution is -0.155. The number of carbonyl (C=O) groups is 10. The quantitative estimate of drug-likeness (QED) is 0.0329. The number of rotatable bonds is 20. The summed E-state index contributed by atoms with van der Waals surface area (Å²) in [6, 6.07) is -1.39. The largest absolute Gasteiger partial charge is 0.508 e. The molecule has 394 valence electrons. The van der Waals surface area contributed by atoms with E-state index in [0.717, 1.165) is 0 Å². The molecule has 0 spiro atoms. The van der Waals surface area contributed by atoms with Crippen molar-refractivity contribution in [2.45, 2.75) is 69.1 Å². The summed E-state index contributed by atoms with van der Waals surface area (Å²) in [5.41, 5.74) is 17.1. The van der Waals surface area contributed by atoms with Gasteiger partial charge >= 0.3 is 23.9 Å². The summed E-state index contributed by atoms with van der Waals surface area (Å²) in [7, 11) is 0. The van der Waals surface area contributed by atoms with Gasteiger partial charge < -0.3 is 64.0 Å². The number of carboxylic acid groups (broad SMARTS) is 4. The van der Waals surface area contributed by atoms with Crippen LogP contribution in [0.15, 0.2) is 29.3 Å². The molecule has 2 aliphatic heterocycles. The Morgan fingerprint density at radius 1 is 0.606 bits per heavy atom. The van der Waals surface area contributed by atoms with Crippen molar-refractivity contribution in [1.82, 2.24) is 45.8 Å². The van der Waals surface area contributed by atoms with Crippen molar-refractivity contribution < 1.29 is 73.5 Å². The number of carbonyl (C=O) groups excluding carboxylic acids is 6. The highest BCUT2D eigenvalue weighted by atomic mass is 16.4. The second kappa shape index (κ2) is 29.9. The number of aromatic hydroxyl groups is 1. The van der Waals surface area contributed by atoms with Gasteiger partial charge in [0.05, 0.1) is 39.1 Å². The Bertz CT molecular complexity index is 2020. The lowest BCUT2D eigenvalue weighted by Crippen LogP contribution is -2.62. The molecule has 4 atom stereocenters. The molecular formula is C43H67N13O15. The number of benzene rings is 1. The van der Waals surface area contributed by atoms with Crippen molar-refractivity contribution >= 4 is 65.3 Å². The second-order valence-electron chi connectivity index (χ2n) is 17.1. The first-order valence-electron chi connectivity index (χ1n) is 23.0. The van der Waals surface area contributed by atoms with Crippen molar-refractivity contribution in [2.24, 2.45) is 22.2 Å². The van der Waals surface area contributed by atoms with Gasteiger partial charge in [-0.15, -0.1) is 0 Å². The fraction of sp³-hybridized carbons (Fsp3) is 0.605. The van der Waals surface area contributed by atoms with E-state index in [0.29, 0.717) is 10.5 Å². The van der Waals surface area contributed by atoms with Gasteiger partial charge in [-0.25, -0.2) is 0 Å². The van der Waals surface area contributed by atoms with Crippen LogP contribution >= 0.6 is 0 Å². The summed E-state index contributed by atoms with van der Waals surface area (Å²) in [5, 5.41) is 58.5. The fourth-order valence-electron chi connectivity index (χ4n) is 7.83. The minimum Gasteiger partial charge on any atom is -0.508 e. The molecule has 2 heterocycles. The summed E-state index contributed by atoms with van der Waals surface area (Å²) < 4.78 is 0. The number of nitrogens with two attached hydrogens (primary N) is 3. The van der Waals surface area contributed by atoms with Gasteiger partial charge in [0.15, 0.2) is 5.96 Å². The van der Waals surface area contributed by atoms with Crippen LogP contribution in [-0.4, -0.2) is 238 Å². The molecule has 6 amide bonds. The molecule has 1 aromatic carbocycles. The molecule has 3 rings (SSSR count). The number of unbranched alkanes of at least 4 members (excludes halogenated alkanes) is 1. The van der Waals surface area contributed by atoms with E-state index in [-0.39, 0.29) is 109 Å². The summed E-state index contributed by atoms with van der Waals surface area (Å²) in [6.45, 7) is -2.63. The highest BCUT2D eigenvalue weighted by Gasteiger charge is 2.41. The number of carboxylic acids is 4. The van der Waals surface area contributed by atoms with Crippen molar-refractivity contribution in [1.29, 1.82) is 0 Å². The molecule has 0 aliphatic carbocycles. The van der Waals surface area contributed by atoms with Crippen LogP contribution in [0.4, 0.5) is 0 Å². The molecule has 15 N–H and O–H groups in total. The number of guanidine groups is 1. The van der Waals surface area contributed by atoms with Crippen molar-refractivity contribution in [3.63, 3.8) is 0 Å². The van der Waals surface area contributed by atoms with E-state index in [9.17, 15) is 63.9 Å². The van der Waals surface area contributed by atoms with Gasteiger partial charge in [-0.05, 0) is 56.3 Å². The summed E-state index contributed by atoms with van der Waals surface area (Å²) >= 11 is 0. The van der Waals surface area contributed by atoms with Gasteiger partial charge in [0.25, 0.3) is 5.91 Å². The number of imide groups is 1. The van der Waals surface area contributed by atoms with Gasteiger partial charge in [-0.3, -0.25) is 77.4 Å². The fourth-order valence-corrected chi connectivity index (χ4v) is 7.83. The van der Waals surface area contributed by atoms with Crippen LogP contribution in [0.2, 0.25) is 0 Å². The van der Waals surface area contributed by atoms with E-state index in [1.165, 1.54) is 39.0 Å². The normalized spacial score (nSPS) is 21.4. The van der Waals surface area contributed by atoms with E-state index in [4.69, 9.17) is 17.2 Å². The maximum atomic E-state index is 15.3. The third-order valence-electron chi connectivity index (χ3n) is 11.4. The molecule has 2 fully saturated rings. The van der Waals surface area contributed by atoms with Crippen LogP contribution in [0.1, 0.15) is 44.1 Å². The van der Waals surface area contributed by atoms with Crippen molar-refractivity contribution in [3.8, 4) is 5.75 Å². The Labute approximate surface area is 408 Å². The van der Waals surface area contributed by atoms with E-state index < -0.39 is 129 Å². The highest BCUT2D eigenvalue weighted by Crippen LogP contribution is 2.19. The Balaban J connectivity index is 2.26. The van der Waals surface area contributed by atoms with E-state index >= 15 is 9.59 Å². The van der Waals surface area contributed by atoms with Crippen LogP contribution in [0.5, 0.6) is 5.75 Å². The molecule has 2 saturated heterocycles. The SMILES string of the molecule is NCCCC[C@H]1C(=O)N[C@@H](CCCN=C(N)N)C(=O)NCC(=O)N[C@@H](CC(=O)O)C(=O)N[C@H](Cc2ccc(O)cc2)C(=O)N1C(=O)CN1CCN(CC(=O)O)CCN(CC(=O)O)CCN(CC(=O)O)CC1. The Morgan fingerprint density at radius 3 is 1.59 bits per heavy atom. The molecule has 0 unspecified atom stereocenters. The smallest absolute Gasteiger partial charge is 0.317 e.